The summed E-state index contributed by atoms with van der Waals surface area (Å²) < 4.78 is 13.3. The van der Waals surface area contributed by atoms with Crippen LogP contribution in [0.15, 0.2) is 42.5 Å². The van der Waals surface area contributed by atoms with Crippen LogP contribution >= 0.6 is 0 Å². The zero-order chi connectivity index (χ0) is 20.7. The van der Waals surface area contributed by atoms with Crippen molar-refractivity contribution in [3.63, 3.8) is 0 Å². The number of carbonyl (C=O) groups excluding carboxylic acids is 2. The molecule has 2 aliphatic heterocycles. The van der Waals surface area contributed by atoms with E-state index in [0.29, 0.717) is 19.5 Å². The molecule has 0 radical (unpaired) electrons. The molecule has 2 aliphatic rings. The predicted molar refractivity (Wildman–Crippen MR) is 103 cm³/mol. The van der Waals surface area contributed by atoms with Crippen molar-refractivity contribution in [2.75, 3.05) is 13.6 Å². The van der Waals surface area contributed by atoms with E-state index in [-0.39, 0.29) is 29.6 Å². The van der Waals surface area contributed by atoms with Crippen LogP contribution in [0.4, 0.5) is 4.39 Å². The number of carboxylic acid groups (broad SMARTS) is 1. The summed E-state index contributed by atoms with van der Waals surface area (Å²) in [5.74, 6) is -2.19. The van der Waals surface area contributed by atoms with Gasteiger partial charge in [-0.25, -0.2) is 9.18 Å². The minimum absolute atomic E-state index is 0.107. The Labute approximate surface area is 167 Å². The summed E-state index contributed by atoms with van der Waals surface area (Å²) in [6.07, 6.45) is 0.745. The molecule has 6 nitrogen and oxygen atoms in total. The fraction of sp³-hybridized carbons (Fsp3) is 0.318. The number of hydrogen-bond acceptors (Lipinski definition) is 3. The first kappa shape index (κ1) is 19.1. The van der Waals surface area contributed by atoms with Gasteiger partial charge < -0.3 is 14.9 Å². The van der Waals surface area contributed by atoms with Gasteiger partial charge in [0.1, 0.15) is 5.82 Å². The minimum Gasteiger partial charge on any atom is -0.478 e. The van der Waals surface area contributed by atoms with Crippen LogP contribution in [0.25, 0.3) is 0 Å². The molecule has 2 atom stereocenters. The van der Waals surface area contributed by atoms with Crippen LogP contribution in [0.1, 0.15) is 39.5 Å². The first-order chi connectivity index (χ1) is 13.8. The fourth-order valence-electron chi connectivity index (χ4n) is 4.32. The first-order valence-electron chi connectivity index (χ1n) is 9.50. The lowest BCUT2D eigenvalue weighted by Crippen LogP contribution is -2.41. The van der Waals surface area contributed by atoms with E-state index in [2.05, 4.69) is 0 Å². The maximum atomic E-state index is 13.3. The van der Waals surface area contributed by atoms with Crippen LogP contribution in [0.3, 0.4) is 0 Å². The number of hydrogen-bond donors (Lipinski definition) is 1. The van der Waals surface area contributed by atoms with Crippen molar-refractivity contribution >= 4 is 17.8 Å². The largest absolute Gasteiger partial charge is 0.478 e. The zero-order valence-electron chi connectivity index (χ0n) is 16.0. The molecule has 2 heterocycles. The molecule has 1 saturated heterocycles. The Bertz CT molecular complexity index is 989. The van der Waals surface area contributed by atoms with E-state index < -0.39 is 17.9 Å². The summed E-state index contributed by atoms with van der Waals surface area (Å²) in [6.45, 7) is 0.836. The summed E-state index contributed by atoms with van der Waals surface area (Å²) in [7, 11) is 1.66. The van der Waals surface area contributed by atoms with Gasteiger partial charge >= 0.3 is 5.97 Å². The third-order valence-corrected chi connectivity index (χ3v) is 5.89. The molecule has 2 amide bonds. The lowest BCUT2D eigenvalue weighted by Gasteiger charge is -2.33. The van der Waals surface area contributed by atoms with Gasteiger partial charge in [-0.15, -0.1) is 0 Å². The standard InChI is InChI=1S/C22H21FN2O4/c1-24-19(26)11-18(20(24)14-4-6-17(23)7-5-14)21(27)25-9-8-13-2-3-15(22(28)29)10-16(13)12-25/h2-7,10,18,20H,8-9,11-12H2,1H3,(H,28,29). The molecule has 2 unspecified atom stereocenters. The second kappa shape index (κ2) is 7.31. The number of halogens is 1. The molecule has 0 spiro atoms. The second-order valence-corrected chi connectivity index (χ2v) is 7.61. The Kier molecular flexibility index (Phi) is 4.82. The predicted octanol–water partition coefficient (Wildman–Crippen LogP) is 2.63. The van der Waals surface area contributed by atoms with Gasteiger partial charge in [0.05, 0.1) is 17.5 Å². The Morgan fingerprint density at radius 1 is 1.10 bits per heavy atom. The molecule has 0 aliphatic carbocycles. The van der Waals surface area contributed by atoms with Crippen LogP contribution in [0, 0.1) is 11.7 Å². The number of benzene rings is 2. The van der Waals surface area contributed by atoms with Crippen LogP contribution in [-0.2, 0) is 22.6 Å². The van der Waals surface area contributed by atoms with E-state index >= 15 is 0 Å². The molecule has 29 heavy (non-hydrogen) atoms. The molecular weight excluding hydrogens is 375 g/mol. The van der Waals surface area contributed by atoms with E-state index in [1.807, 2.05) is 0 Å². The van der Waals surface area contributed by atoms with E-state index in [1.54, 1.807) is 47.2 Å². The smallest absolute Gasteiger partial charge is 0.335 e. The average molecular weight is 396 g/mol. The van der Waals surface area contributed by atoms with Gasteiger partial charge in [0.15, 0.2) is 0 Å². The van der Waals surface area contributed by atoms with Crippen molar-refractivity contribution in [2.24, 2.45) is 5.92 Å². The molecule has 0 bridgehead atoms. The average Bonchev–Trinajstić information content (AvgIpc) is 3.01. The quantitative estimate of drug-likeness (QED) is 0.865. The van der Waals surface area contributed by atoms with Gasteiger partial charge in [-0.1, -0.05) is 18.2 Å². The Morgan fingerprint density at radius 2 is 1.83 bits per heavy atom. The van der Waals surface area contributed by atoms with Gasteiger partial charge in [0, 0.05) is 26.6 Å². The summed E-state index contributed by atoms with van der Waals surface area (Å²) in [5, 5.41) is 9.22. The first-order valence-corrected chi connectivity index (χ1v) is 9.50. The topological polar surface area (TPSA) is 77.9 Å². The van der Waals surface area contributed by atoms with E-state index in [0.717, 1.165) is 16.7 Å². The van der Waals surface area contributed by atoms with E-state index in [9.17, 15) is 23.9 Å². The number of fused-ring (bicyclic) bond motifs is 1. The van der Waals surface area contributed by atoms with Gasteiger partial charge in [-0.05, 0) is 47.4 Å². The Morgan fingerprint density at radius 3 is 2.52 bits per heavy atom. The Balaban J connectivity index is 1.59. The SMILES string of the molecule is CN1C(=O)CC(C(=O)N2CCc3ccc(C(=O)O)cc3C2)C1c1ccc(F)cc1. The number of amides is 2. The lowest BCUT2D eigenvalue weighted by atomic mass is 9.90. The highest BCUT2D eigenvalue weighted by Gasteiger charge is 2.44. The van der Waals surface area contributed by atoms with Crippen LogP contribution in [0.5, 0.6) is 0 Å². The molecule has 0 aromatic heterocycles. The van der Waals surface area contributed by atoms with Gasteiger partial charge in [0.25, 0.3) is 0 Å². The molecule has 2 aromatic rings. The summed E-state index contributed by atoms with van der Waals surface area (Å²) in [5.41, 5.74) is 2.77. The third-order valence-electron chi connectivity index (χ3n) is 5.89. The molecule has 2 aromatic carbocycles. The van der Waals surface area contributed by atoms with Crippen molar-refractivity contribution in [2.45, 2.75) is 25.4 Å². The number of carboxylic acids is 1. The van der Waals surface area contributed by atoms with E-state index in [1.165, 1.54) is 12.1 Å². The van der Waals surface area contributed by atoms with Gasteiger partial charge in [-0.3, -0.25) is 9.59 Å². The number of rotatable bonds is 3. The van der Waals surface area contributed by atoms with Crippen LogP contribution in [-0.4, -0.2) is 46.3 Å². The summed E-state index contributed by atoms with van der Waals surface area (Å²) >= 11 is 0. The molecule has 7 heteroatoms. The zero-order valence-corrected chi connectivity index (χ0v) is 16.0. The molecule has 4 rings (SSSR count). The van der Waals surface area contributed by atoms with Crippen molar-refractivity contribution in [1.29, 1.82) is 0 Å². The van der Waals surface area contributed by atoms with Crippen molar-refractivity contribution in [1.82, 2.24) is 9.80 Å². The Hall–Kier alpha value is -3.22. The van der Waals surface area contributed by atoms with Gasteiger partial charge in [-0.2, -0.15) is 0 Å². The lowest BCUT2D eigenvalue weighted by molar-refractivity contribution is -0.137. The van der Waals surface area contributed by atoms with Crippen molar-refractivity contribution in [3.8, 4) is 0 Å². The fourth-order valence-corrected chi connectivity index (χ4v) is 4.32. The number of likely N-dealkylation sites (tertiary alicyclic amines) is 1. The molecule has 0 saturated carbocycles. The maximum absolute atomic E-state index is 13.3. The normalized spacial score (nSPS) is 21.2. The number of nitrogens with zero attached hydrogens (tertiary/aromatic N) is 2. The van der Waals surface area contributed by atoms with Crippen LogP contribution < -0.4 is 0 Å². The van der Waals surface area contributed by atoms with Crippen molar-refractivity contribution in [3.05, 3.63) is 70.5 Å². The van der Waals surface area contributed by atoms with Gasteiger partial charge in [0.2, 0.25) is 11.8 Å². The van der Waals surface area contributed by atoms with Crippen LogP contribution in [0.2, 0.25) is 0 Å². The summed E-state index contributed by atoms with van der Waals surface area (Å²) in [4.78, 5) is 40.2. The maximum Gasteiger partial charge on any atom is 0.335 e. The second-order valence-electron chi connectivity index (χ2n) is 7.61. The van der Waals surface area contributed by atoms with E-state index in [4.69, 9.17) is 0 Å². The molecule has 1 N–H and O–H groups in total. The summed E-state index contributed by atoms with van der Waals surface area (Å²) in [6, 6.07) is 10.4. The molecular formula is C22H21FN2O4. The minimum atomic E-state index is -1.00. The third kappa shape index (κ3) is 3.48. The highest BCUT2D eigenvalue weighted by molar-refractivity contribution is 5.91. The van der Waals surface area contributed by atoms with Crippen molar-refractivity contribution < 1.29 is 23.9 Å². The number of carbonyl (C=O) groups is 3. The number of aromatic carboxylic acids is 1. The highest BCUT2D eigenvalue weighted by Crippen LogP contribution is 2.39. The monoisotopic (exact) mass is 396 g/mol. The highest BCUT2D eigenvalue weighted by atomic mass is 19.1. The molecule has 150 valence electrons. The molecule has 1 fully saturated rings.